The summed E-state index contributed by atoms with van der Waals surface area (Å²) in [7, 11) is 2.21. The highest BCUT2D eigenvalue weighted by molar-refractivity contribution is 4.68. The van der Waals surface area contributed by atoms with Gasteiger partial charge in [-0.1, -0.05) is 6.92 Å². The smallest absolute Gasteiger partial charge is 0.0599 e. The van der Waals surface area contributed by atoms with Crippen molar-refractivity contribution in [1.82, 2.24) is 10.2 Å². The lowest BCUT2D eigenvalue weighted by molar-refractivity contribution is 0.0274. The van der Waals surface area contributed by atoms with Crippen LogP contribution in [0.4, 0.5) is 0 Å². The average Bonchev–Trinajstić information content (AvgIpc) is 2.34. The second-order valence-corrected chi connectivity index (χ2v) is 4.91. The maximum atomic E-state index is 5.88. The summed E-state index contributed by atoms with van der Waals surface area (Å²) in [4.78, 5) is 2.42. The van der Waals surface area contributed by atoms with Crippen molar-refractivity contribution in [3.63, 3.8) is 0 Å². The third kappa shape index (κ3) is 5.28. The summed E-state index contributed by atoms with van der Waals surface area (Å²) in [5.74, 6) is 0. The van der Waals surface area contributed by atoms with Crippen LogP contribution >= 0.6 is 0 Å². The van der Waals surface area contributed by atoms with Crippen molar-refractivity contribution in [2.24, 2.45) is 0 Å². The van der Waals surface area contributed by atoms with Gasteiger partial charge >= 0.3 is 0 Å². The number of hydrogen-bond acceptors (Lipinski definition) is 3. The number of rotatable bonds is 7. The first-order chi connectivity index (χ1) is 7.74. The SMILES string of the molecule is CCC(C)N(C)CCCOC1CCNCC1. The maximum absolute atomic E-state index is 5.88. The molecule has 1 rings (SSSR count). The van der Waals surface area contributed by atoms with E-state index >= 15 is 0 Å². The molecule has 0 aromatic carbocycles. The zero-order valence-electron chi connectivity index (χ0n) is 11.2. The van der Waals surface area contributed by atoms with E-state index in [1.165, 1.54) is 19.3 Å². The van der Waals surface area contributed by atoms with E-state index in [1.807, 2.05) is 0 Å². The van der Waals surface area contributed by atoms with E-state index < -0.39 is 0 Å². The minimum absolute atomic E-state index is 0.509. The molecule has 1 aliphatic heterocycles. The van der Waals surface area contributed by atoms with Gasteiger partial charge in [0.2, 0.25) is 0 Å². The molecule has 0 aromatic rings. The molecule has 16 heavy (non-hydrogen) atoms. The van der Waals surface area contributed by atoms with Crippen LogP contribution in [0, 0.1) is 0 Å². The van der Waals surface area contributed by atoms with E-state index in [1.54, 1.807) is 0 Å². The van der Waals surface area contributed by atoms with E-state index in [-0.39, 0.29) is 0 Å². The van der Waals surface area contributed by atoms with Crippen molar-refractivity contribution < 1.29 is 4.74 Å². The monoisotopic (exact) mass is 228 g/mol. The quantitative estimate of drug-likeness (QED) is 0.673. The molecule has 1 fully saturated rings. The first-order valence-electron chi connectivity index (χ1n) is 6.76. The molecule has 3 nitrogen and oxygen atoms in total. The molecular weight excluding hydrogens is 200 g/mol. The van der Waals surface area contributed by atoms with Gasteiger partial charge in [0.15, 0.2) is 0 Å². The van der Waals surface area contributed by atoms with Crippen LogP contribution in [-0.2, 0) is 4.74 Å². The Hall–Kier alpha value is -0.120. The molecule has 1 heterocycles. The number of ether oxygens (including phenoxy) is 1. The zero-order chi connectivity index (χ0) is 11.8. The standard InChI is InChI=1S/C13H28N2O/c1-4-12(2)15(3)10-5-11-16-13-6-8-14-9-7-13/h12-14H,4-11H2,1-3H3. The average molecular weight is 228 g/mol. The summed E-state index contributed by atoms with van der Waals surface area (Å²) in [6.45, 7) is 8.85. The molecule has 1 N–H and O–H groups in total. The Labute approximate surface area is 101 Å². The molecular formula is C13H28N2O. The molecule has 0 spiro atoms. The van der Waals surface area contributed by atoms with Crippen LogP contribution in [0.3, 0.4) is 0 Å². The first-order valence-corrected chi connectivity index (χ1v) is 6.76. The topological polar surface area (TPSA) is 24.5 Å². The summed E-state index contributed by atoms with van der Waals surface area (Å²) in [6.07, 6.45) is 5.26. The minimum Gasteiger partial charge on any atom is -0.378 e. The molecule has 1 atom stereocenters. The molecule has 1 unspecified atom stereocenters. The van der Waals surface area contributed by atoms with Gasteiger partial charge < -0.3 is 15.0 Å². The van der Waals surface area contributed by atoms with Crippen molar-refractivity contribution in [1.29, 1.82) is 0 Å². The zero-order valence-corrected chi connectivity index (χ0v) is 11.2. The normalized spacial score (nSPS) is 20.2. The summed E-state index contributed by atoms with van der Waals surface area (Å²) in [5.41, 5.74) is 0. The summed E-state index contributed by atoms with van der Waals surface area (Å²) >= 11 is 0. The van der Waals surface area contributed by atoms with Gasteiger partial charge in [-0.25, -0.2) is 0 Å². The molecule has 1 aliphatic rings. The number of piperidine rings is 1. The van der Waals surface area contributed by atoms with E-state index in [0.717, 1.165) is 32.7 Å². The molecule has 0 aliphatic carbocycles. The van der Waals surface area contributed by atoms with Crippen molar-refractivity contribution in [3.8, 4) is 0 Å². The minimum atomic E-state index is 0.509. The molecule has 3 heteroatoms. The number of hydrogen-bond donors (Lipinski definition) is 1. The molecule has 0 saturated carbocycles. The highest BCUT2D eigenvalue weighted by Crippen LogP contribution is 2.08. The Morgan fingerprint density at radius 1 is 1.38 bits per heavy atom. The van der Waals surface area contributed by atoms with Crippen LogP contribution in [0.25, 0.3) is 0 Å². The first kappa shape index (κ1) is 13.9. The van der Waals surface area contributed by atoms with Gasteiger partial charge in [0.05, 0.1) is 6.10 Å². The molecule has 1 saturated heterocycles. The Balaban J connectivity index is 1.98. The summed E-state index contributed by atoms with van der Waals surface area (Å²) < 4.78 is 5.88. The van der Waals surface area contributed by atoms with Crippen molar-refractivity contribution >= 4 is 0 Å². The van der Waals surface area contributed by atoms with E-state index in [2.05, 4.69) is 31.1 Å². The van der Waals surface area contributed by atoms with Crippen LogP contribution in [0.15, 0.2) is 0 Å². The van der Waals surface area contributed by atoms with Gasteiger partial charge in [-0.15, -0.1) is 0 Å². The van der Waals surface area contributed by atoms with Gasteiger partial charge in [-0.3, -0.25) is 0 Å². The molecule has 0 aromatic heterocycles. The molecule has 0 radical (unpaired) electrons. The highest BCUT2D eigenvalue weighted by atomic mass is 16.5. The van der Waals surface area contributed by atoms with Gasteiger partial charge in [0.1, 0.15) is 0 Å². The third-order valence-electron chi connectivity index (χ3n) is 3.64. The lowest BCUT2D eigenvalue weighted by atomic mass is 10.1. The Bertz CT molecular complexity index is 165. The Kier molecular flexibility index (Phi) is 7.01. The van der Waals surface area contributed by atoms with Crippen molar-refractivity contribution in [2.45, 2.75) is 51.7 Å². The van der Waals surface area contributed by atoms with Gasteiger partial charge in [-0.05, 0) is 52.7 Å². The van der Waals surface area contributed by atoms with E-state index in [4.69, 9.17) is 4.74 Å². The number of nitrogens with one attached hydrogen (secondary N) is 1. The Morgan fingerprint density at radius 3 is 2.69 bits per heavy atom. The molecule has 0 bridgehead atoms. The summed E-state index contributed by atoms with van der Waals surface area (Å²) in [5, 5.41) is 3.36. The summed E-state index contributed by atoms with van der Waals surface area (Å²) in [6, 6.07) is 0.693. The van der Waals surface area contributed by atoms with Crippen LogP contribution in [0.5, 0.6) is 0 Å². The predicted molar refractivity (Wildman–Crippen MR) is 68.8 cm³/mol. The van der Waals surface area contributed by atoms with E-state index in [9.17, 15) is 0 Å². The highest BCUT2D eigenvalue weighted by Gasteiger charge is 2.13. The van der Waals surface area contributed by atoms with Crippen molar-refractivity contribution in [3.05, 3.63) is 0 Å². The lowest BCUT2D eigenvalue weighted by Crippen LogP contribution is -2.33. The number of nitrogens with zero attached hydrogens (tertiary/aromatic N) is 1. The van der Waals surface area contributed by atoms with Crippen LogP contribution < -0.4 is 5.32 Å². The largest absolute Gasteiger partial charge is 0.378 e. The molecule has 0 amide bonds. The fraction of sp³-hybridized carbons (Fsp3) is 1.00. The van der Waals surface area contributed by atoms with Gasteiger partial charge in [0.25, 0.3) is 0 Å². The van der Waals surface area contributed by atoms with Crippen LogP contribution in [-0.4, -0.2) is 50.3 Å². The predicted octanol–water partition coefficient (Wildman–Crippen LogP) is 1.88. The molecule has 96 valence electrons. The van der Waals surface area contributed by atoms with Crippen LogP contribution in [0.1, 0.15) is 39.5 Å². The third-order valence-corrected chi connectivity index (χ3v) is 3.64. The Morgan fingerprint density at radius 2 is 2.06 bits per heavy atom. The van der Waals surface area contributed by atoms with E-state index in [0.29, 0.717) is 12.1 Å². The lowest BCUT2D eigenvalue weighted by Gasteiger charge is -2.25. The second kappa shape index (κ2) is 8.04. The van der Waals surface area contributed by atoms with Gasteiger partial charge in [0, 0.05) is 19.2 Å². The fourth-order valence-electron chi connectivity index (χ4n) is 2.06. The second-order valence-electron chi connectivity index (χ2n) is 4.91. The fourth-order valence-corrected chi connectivity index (χ4v) is 2.06. The van der Waals surface area contributed by atoms with Crippen molar-refractivity contribution in [2.75, 3.05) is 33.3 Å². The van der Waals surface area contributed by atoms with Gasteiger partial charge in [-0.2, -0.15) is 0 Å². The maximum Gasteiger partial charge on any atom is 0.0599 e. The van der Waals surface area contributed by atoms with Crippen LogP contribution in [0.2, 0.25) is 0 Å².